The Morgan fingerprint density at radius 1 is 1.19 bits per heavy atom. The number of nitrogens with zero attached hydrogens (tertiary/aromatic N) is 4. The summed E-state index contributed by atoms with van der Waals surface area (Å²) < 4.78 is 6.32. The molecule has 3 heterocycles. The first-order chi connectivity index (χ1) is 13.2. The molecule has 0 saturated heterocycles. The van der Waals surface area contributed by atoms with Gasteiger partial charge in [0.15, 0.2) is 0 Å². The molecule has 27 heavy (non-hydrogen) atoms. The average Bonchev–Trinajstić information content (AvgIpc) is 3.34. The van der Waals surface area contributed by atoms with E-state index >= 15 is 0 Å². The highest BCUT2D eigenvalue weighted by molar-refractivity contribution is 7.18. The van der Waals surface area contributed by atoms with Crippen molar-refractivity contribution < 1.29 is 9.32 Å². The summed E-state index contributed by atoms with van der Waals surface area (Å²) in [4.78, 5) is 25.3. The predicted molar refractivity (Wildman–Crippen MR) is 102 cm³/mol. The standard InChI is InChI=1S/C19H17N5O2S/c1-12(19-22-13-6-2-3-8-15(13)27-19)21-16(25)9-10-17-23-18(24-26-17)14-7-4-5-11-20-14/h2-8,11-12H,9-10H2,1H3,(H,21,25)/t12-/m1/s1. The van der Waals surface area contributed by atoms with Crippen molar-refractivity contribution in [2.45, 2.75) is 25.8 Å². The molecule has 4 rings (SSSR count). The number of benzene rings is 1. The van der Waals surface area contributed by atoms with Gasteiger partial charge in [-0.3, -0.25) is 9.78 Å². The lowest BCUT2D eigenvalue weighted by Crippen LogP contribution is -2.26. The van der Waals surface area contributed by atoms with Crippen LogP contribution < -0.4 is 5.32 Å². The number of aryl methyl sites for hydroxylation is 1. The summed E-state index contributed by atoms with van der Waals surface area (Å²) in [6, 6.07) is 13.3. The summed E-state index contributed by atoms with van der Waals surface area (Å²) in [6.45, 7) is 1.93. The van der Waals surface area contributed by atoms with E-state index in [-0.39, 0.29) is 18.4 Å². The minimum Gasteiger partial charge on any atom is -0.347 e. The van der Waals surface area contributed by atoms with Gasteiger partial charge in [0.25, 0.3) is 0 Å². The molecule has 0 radical (unpaired) electrons. The molecule has 1 N–H and O–H groups in total. The van der Waals surface area contributed by atoms with Gasteiger partial charge in [0.2, 0.25) is 17.6 Å². The molecule has 3 aromatic heterocycles. The first-order valence-corrected chi connectivity index (χ1v) is 9.39. The number of pyridine rings is 1. The van der Waals surface area contributed by atoms with Gasteiger partial charge in [-0.1, -0.05) is 23.4 Å². The fourth-order valence-electron chi connectivity index (χ4n) is 2.63. The van der Waals surface area contributed by atoms with Gasteiger partial charge in [0, 0.05) is 19.0 Å². The number of amides is 1. The predicted octanol–water partition coefficient (Wildman–Crippen LogP) is 3.55. The topological polar surface area (TPSA) is 93.8 Å². The highest BCUT2D eigenvalue weighted by Crippen LogP contribution is 2.26. The number of nitrogens with one attached hydrogen (secondary N) is 1. The minimum atomic E-state index is -0.151. The number of carbonyl (C=O) groups is 1. The number of fused-ring (bicyclic) bond motifs is 1. The second kappa shape index (κ2) is 7.63. The Labute approximate surface area is 159 Å². The first kappa shape index (κ1) is 17.3. The van der Waals surface area contributed by atoms with Gasteiger partial charge in [-0.2, -0.15) is 4.98 Å². The lowest BCUT2D eigenvalue weighted by Gasteiger charge is -2.10. The SMILES string of the molecule is C[C@@H](NC(=O)CCc1nc(-c2ccccn2)no1)c1nc2ccccc2s1. The Hall–Kier alpha value is -3.13. The zero-order valence-corrected chi connectivity index (χ0v) is 15.4. The van der Waals surface area contributed by atoms with Crippen LogP contribution >= 0.6 is 11.3 Å². The van der Waals surface area contributed by atoms with E-state index < -0.39 is 0 Å². The number of para-hydroxylation sites is 1. The molecule has 1 aromatic carbocycles. The third-order valence-corrected chi connectivity index (χ3v) is 5.21. The Morgan fingerprint density at radius 2 is 2.04 bits per heavy atom. The highest BCUT2D eigenvalue weighted by atomic mass is 32.1. The van der Waals surface area contributed by atoms with Crippen LogP contribution in [-0.4, -0.2) is 26.0 Å². The van der Waals surface area contributed by atoms with Gasteiger partial charge in [0.05, 0.1) is 16.3 Å². The van der Waals surface area contributed by atoms with Crippen molar-refractivity contribution in [1.82, 2.24) is 25.4 Å². The second-order valence-corrected chi connectivity index (χ2v) is 7.10. The Bertz CT molecular complexity index is 1030. The third kappa shape index (κ3) is 4.01. The van der Waals surface area contributed by atoms with Crippen molar-refractivity contribution in [3.8, 4) is 11.5 Å². The zero-order valence-electron chi connectivity index (χ0n) is 14.6. The van der Waals surface area contributed by atoms with Gasteiger partial charge < -0.3 is 9.84 Å². The number of aromatic nitrogens is 4. The van der Waals surface area contributed by atoms with Crippen LogP contribution in [0.4, 0.5) is 0 Å². The summed E-state index contributed by atoms with van der Waals surface area (Å²) in [5.74, 6) is 0.756. The van der Waals surface area contributed by atoms with Gasteiger partial charge in [0.1, 0.15) is 10.7 Å². The quantitative estimate of drug-likeness (QED) is 0.551. The van der Waals surface area contributed by atoms with E-state index in [1.807, 2.05) is 43.3 Å². The number of hydrogen-bond donors (Lipinski definition) is 1. The molecule has 1 amide bonds. The van der Waals surface area contributed by atoms with Crippen molar-refractivity contribution in [2.75, 3.05) is 0 Å². The van der Waals surface area contributed by atoms with Crippen LogP contribution in [0.3, 0.4) is 0 Å². The maximum absolute atomic E-state index is 12.3. The fraction of sp³-hybridized carbons (Fsp3) is 0.211. The van der Waals surface area contributed by atoms with Gasteiger partial charge in [-0.05, 0) is 31.2 Å². The van der Waals surface area contributed by atoms with Gasteiger partial charge in [-0.25, -0.2) is 4.98 Å². The second-order valence-electron chi connectivity index (χ2n) is 6.04. The Morgan fingerprint density at radius 3 is 2.85 bits per heavy atom. The van der Waals surface area contributed by atoms with Gasteiger partial charge >= 0.3 is 0 Å². The molecule has 4 aromatic rings. The van der Waals surface area contributed by atoms with E-state index in [0.717, 1.165) is 15.2 Å². The monoisotopic (exact) mass is 379 g/mol. The van der Waals surface area contributed by atoms with Crippen LogP contribution in [0.25, 0.3) is 21.7 Å². The van der Waals surface area contributed by atoms with Crippen LogP contribution in [-0.2, 0) is 11.2 Å². The molecule has 0 spiro atoms. The van der Waals surface area contributed by atoms with E-state index in [1.165, 1.54) is 0 Å². The number of rotatable bonds is 6. The largest absolute Gasteiger partial charge is 0.347 e. The highest BCUT2D eigenvalue weighted by Gasteiger charge is 2.16. The molecule has 0 unspecified atom stereocenters. The summed E-state index contributed by atoms with van der Waals surface area (Å²) in [6.07, 6.45) is 2.31. The van der Waals surface area contributed by atoms with Crippen LogP contribution in [0.2, 0.25) is 0 Å². The summed E-state index contributed by atoms with van der Waals surface area (Å²) in [5, 5.41) is 7.77. The minimum absolute atomic E-state index is 0.0839. The molecule has 0 aliphatic carbocycles. The molecule has 136 valence electrons. The van der Waals surface area contributed by atoms with Crippen molar-refractivity contribution >= 4 is 27.5 Å². The van der Waals surface area contributed by atoms with E-state index in [1.54, 1.807) is 23.6 Å². The van der Waals surface area contributed by atoms with Crippen molar-refractivity contribution in [2.24, 2.45) is 0 Å². The van der Waals surface area contributed by atoms with Crippen molar-refractivity contribution in [1.29, 1.82) is 0 Å². The van der Waals surface area contributed by atoms with Crippen LogP contribution in [0, 0.1) is 0 Å². The molecule has 1 atom stereocenters. The van der Waals surface area contributed by atoms with Crippen LogP contribution in [0.5, 0.6) is 0 Å². The molecule has 0 saturated carbocycles. The Balaban J connectivity index is 1.33. The number of hydrogen-bond acceptors (Lipinski definition) is 7. The summed E-state index contributed by atoms with van der Waals surface area (Å²) in [7, 11) is 0. The molecule has 8 heteroatoms. The number of carbonyl (C=O) groups excluding carboxylic acids is 1. The van der Waals surface area contributed by atoms with E-state index in [4.69, 9.17) is 4.52 Å². The fourth-order valence-corrected chi connectivity index (χ4v) is 3.60. The molecule has 0 aliphatic heterocycles. The molecule has 0 fully saturated rings. The lowest BCUT2D eigenvalue weighted by atomic mass is 10.2. The maximum atomic E-state index is 12.3. The molecule has 0 bridgehead atoms. The smallest absolute Gasteiger partial charge is 0.227 e. The van der Waals surface area contributed by atoms with E-state index in [9.17, 15) is 4.79 Å². The molecular formula is C19H17N5O2S. The molecule has 0 aliphatic rings. The molecular weight excluding hydrogens is 362 g/mol. The van der Waals surface area contributed by atoms with Gasteiger partial charge in [-0.15, -0.1) is 11.3 Å². The Kier molecular flexibility index (Phi) is 4.88. The van der Waals surface area contributed by atoms with Crippen LogP contribution in [0.1, 0.15) is 30.3 Å². The van der Waals surface area contributed by atoms with Crippen LogP contribution in [0.15, 0.2) is 53.2 Å². The lowest BCUT2D eigenvalue weighted by molar-refractivity contribution is -0.121. The maximum Gasteiger partial charge on any atom is 0.227 e. The van der Waals surface area contributed by atoms with E-state index in [0.29, 0.717) is 23.8 Å². The van der Waals surface area contributed by atoms with E-state index in [2.05, 4.69) is 25.4 Å². The molecule has 7 nitrogen and oxygen atoms in total. The van der Waals surface area contributed by atoms with Crippen molar-refractivity contribution in [3.05, 3.63) is 59.6 Å². The first-order valence-electron chi connectivity index (χ1n) is 8.58. The third-order valence-electron chi connectivity index (χ3n) is 3.99. The summed E-state index contributed by atoms with van der Waals surface area (Å²) in [5.41, 5.74) is 1.59. The average molecular weight is 379 g/mol. The summed E-state index contributed by atoms with van der Waals surface area (Å²) >= 11 is 1.59. The zero-order chi connectivity index (χ0) is 18.6. The normalized spacial score (nSPS) is 12.2. The van der Waals surface area contributed by atoms with Crippen molar-refractivity contribution in [3.63, 3.8) is 0 Å². The number of thiazole rings is 1.